The third kappa shape index (κ3) is 3.93. The minimum Gasteiger partial charge on any atom is -0.496 e. The van der Waals surface area contributed by atoms with Gasteiger partial charge >= 0.3 is 5.97 Å². The molecule has 0 bridgehead atoms. The summed E-state index contributed by atoms with van der Waals surface area (Å²) in [7, 11) is 2.88. The Bertz CT molecular complexity index is 640. The number of methoxy groups -OCH3 is 2. The minimum absolute atomic E-state index is 0.0361. The van der Waals surface area contributed by atoms with Crippen LogP contribution in [0.5, 0.6) is 5.75 Å². The fourth-order valence-electron chi connectivity index (χ4n) is 3.02. The molecule has 0 aliphatic carbocycles. The Balaban J connectivity index is 2.09. The van der Waals surface area contributed by atoms with Gasteiger partial charge in [-0.1, -0.05) is 0 Å². The van der Waals surface area contributed by atoms with Crippen molar-refractivity contribution >= 4 is 17.7 Å². The second-order valence-electron chi connectivity index (χ2n) is 5.87. The number of hydrogen-bond donors (Lipinski definition) is 0. The van der Waals surface area contributed by atoms with E-state index >= 15 is 0 Å². The summed E-state index contributed by atoms with van der Waals surface area (Å²) in [6.45, 7) is 2.43. The van der Waals surface area contributed by atoms with Crippen LogP contribution in [0.25, 0.3) is 0 Å². The molecule has 1 saturated heterocycles. The molecule has 6 heteroatoms. The van der Waals surface area contributed by atoms with Gasteiger partial charge in [0.25, 0.3) is 0 Å². The van der Waals surface area contributed by atoms with Gasteiger partial charge in [-0.05, 0) is 43.5 Å². The van der Waals surface area contributed by atoms with E-state index in [1.165, 1.54) is 7.11 Å². The molecular formula is C18H23NO5. The summed E-state index contributed by atoms with van der Waals surface area (Å²) >= 11 is 0. The van der Waals surface area contributed by atoms with Crippen molar-refractivity contribution < 1.29 is 23.9 Å². The second kappa shape index (κ2) is 7.95. The molecule has 1 amide bonds. The van der Waals surface area contributed by atoms with Crippen LogP contribution in [0.3, 0.4) is 0 Å². The van der Waals surface area contributed by atoms with Crippen molar-refractivity contribution in [3.05, 3.63) is 29.3 Å². The lowest BCUT2D eigenvalue weighted by molar-refractivity contribution is -0.143. The van der Waals surface area contributed by atoms with Gasteiger partial charge in [-0.3, -0.25) is 14.4 Å². The second-order valence-corrected chi connectivity index (χ2v) is 5.87. The molecule has 1 aromatic carbocycles. The number of carbonyl (C=O) groups excluding carboxylic acids is 3. The molecule has 1 aromatic rings. The zero-order valence-electron chi connectivity index (χ0n) is 14.3. The quantitative estimate of drug-likeness (QED) is 0.589. The van der Waals surface area contributed by atoms with Gasteiger partial charge in [0.2, 0.25) is 5.91 Å². The van der Waals surface area contributed by atoms with Crippen LogP contribution < -0.4 is 4.74 Å². The molecule has 24 heavy (non-hydrogen) atoms. The van der Waals surface area contributed by atoms with Crippen molar-refractivity contribution in [2.75, 3.05) is 20.8 Å². The predicted molar refractivity (Wildman–Crippen MR) is 88.0 cm³/mol. The first-order valence-corrected chi connectivity index (χ1v) is 8.03. The van der Waals surface area contributed by atoms with E-state index in [4.69, 9.17) is 4.74 Å². The summed E-state index contributed by atoms with van der Waals surface area (Å²) in [6.07, 6.45) is 1.54. The summed E-state index contributed by atoms with van der Waals surface area (Å²) in [6, 6.07) is 4.82. The number of esters is 1. The van der Waals surface area contributed by atoms with Crippen LogP contribution in [0.2, 0.25) is 0 Å². The molecule has 1 aliphatic heterocycles. The van der Waals surface area contributed by atoms with Gasteiger partial charge in [0, 0.05) is 18.5 Å². The van der Waals surface area contributed by atoms with Gasteiger partial charge in [0.15, 0.2) is 5.78 Å². The highest BCUT2D eigenvalue weighted by molar-refractivity contribution is 6.02. The van der Waals surface area contributed by atoms with Crippen LogP contribution in [-0.4, -0.2) is 49.4 Å². The maximum Gasteiger partial charge on any atom is 0.306 e. The highest BCUT2D eigenvalue weighted by Crippen LogP contribution is 2.25. The molecule has 0 N–H and O–H groups in total. The van der Waals surface area contributed by atoms with Crippen LogP contribution >= 0.6 is 0 Å². The average molecular weight is 333 g/mol. The van der Waals surface area contributed by atoms with Gasteiger partial charge in [0.05, 0.1) is 26.7 Å². The molecule has 0 radical (unpaired) electrons. The van der Waals surface area contributed by atoms with E-state index in [1.54, 1.807) is 30.2 Å². The van der Waals surface area contributed by atoms with Crippen molar-refractivity contribution in [2.24, 2.45) is 0 Å². The van der Waals surface area contributed by atoms with E-state index < -0.39 is 12.0 Å². The lowest BCUT2D eigenvalue weighted by Crippen LogP contribution is -2.40. The zero-order chi connectivity index (χ0) is 17.7. The van der Waals surface area contributed by atoms with Gasteiger partial charge in [0.1, 0.15) is 5.75 Å². The number of benzene rings is 1. The summed E-state index contributed by atoms with van der Waals surface area (Å²) in [5.74, 6) is 0.0614. The number of nitrogens with zero attached hydrogens (tertiary/aromatic N) is 1. The number of rotatable bonds is 6. The largest absolute Gasteiger partial charge is 0.496 e. The highest BCUT2D eigenvalue weighted by atomic mass is 16.5. The smallest absolute Gasteiger partial charge is 0.306 e. The summed E-state index contributed by atoms with van der Waals surface area (Å²) < 4.78 is 9.76. The number of Topliss-reactive ketones (excluding diaryl/α,β-unsaturated/α-hetero) is 1. The van der Waals surface area contributed by atoms with E-state index in [0.717, 1.165) is 17.7 Å². The van der Waals surface area contributed by atoms with E-state index in [9.17, 15) is 14.4 Å². The molecule has 6 nitrogen and oxygen atoms in total. The van der Waals surface area contributed by atoms with E-state index in [2.05, 4.69) is 4.74 Å². The Hall–Kier alpha value is -2.37. The Labute approximate surface area is 141 Å². The van der Waals surface area contributed by atoms with E-state index in [-0.39, 0.29) is 24.5 Å². The van der Waals surface area contributed by atoms with Crippen molar-refractivity contribution in [1.82, 2.24) is 4.90 Å². The van der Waals surface area contributed by atoms with Gasteiger partial charge in [-0.15, -0.1) is 0 Å². The summed E-state index contributed by atoms with van der Waals surface area (Å²) in [5.41, 5.74) is 1.45. The zero-order valence-corrected chi connectivity index (χ0v) is 14.3. The van der Waals surface area contributed by atoms with Crippen LogP contribution in [0.4, 0.5) is 0 Å². The van der Waals surface area contributed by atoms with Crippen molar-refractivity contribution in [3.8, 4) is 5.75 Å². The topological polar surface area (TPSA) is 72.9 Å². The van der Waals surface area contributed by atoms with Gasteiger partial charge < -0.3 is 14.4 Å². The predicted octanol–water partition coefficient (Wildman–Crippen LogP) is 2.13. The summed E-state index contributed by atoms with van der Waals surface area (Å²) in [5, 5.41) is 0. The van der Waals surface area contributed by atoms with Gasteiger partial charge in [-0.25, -0.2) is 0 Å². The molecule has 130 valence electrons. The molecule has 1 unspecified atom stereocenters. The maximum absolute atomic E-state index is 12.8. The number of likely N-dealkylation sites (tertiary alicyclic amines) is 1. The number of hydrogen-bond acceptors (Lipinski definition) is 5. The van der Waals surface area contributed by atoms with Crippen LogP contribution in [0, 0.1) is 6.92 Å². The number of amides is 1. The number of ether oxygens (including phenoxy) is 2. The Kier molecular flexibility index (Phi) is 5.95. The lowest BCUT2D eigenvalue weighted by Gasteiger charge is -2.24. The van der Waals surface area contributed by atoms with Crippen molar-refractivity contribution in [1.29, 1.82) is 0 Å². The average Bonchev–Trinajstić information content (AvgIpc) is 3.08. The summed E-state index contributed by atoms with van der Waals surface area (Å²) in [4.78, 5) is 37.9. The number of ketones is 1. The van der Waals surface area contributed by atoms with E-state index in [0.29, 0.717) is 18.5 Å². The molecular weight excluding hydrogens is 310 g/mol. The first kappa shape index (κ1) is 18.0. The Morgan fingerprint density at radius 1 is 1.21 bits per heavy atom. The normalized spacial score (nSPS) is 16.8. The third-order valence-electron chi connectivity index (χ3n) is 4.33. The van der Waals surface area contributed by atoms with Crippen molar-refractivity contribution in [3.63, 3.8) is 0 Å². The minimum atomic E-state index is -0.456. The van der Waals surface area contributed by atoms with Crippen LogP contribution in [0.15, 0.2) is 18.2 Å². The fraction of sp³-hybridized carbons (Fsp3) is 0.500. The molecule has 1 atom stereocenters. The first-order chi connectivity index (χ1) is 11.5. The lowest BCUT2D eigenvalue weighted by atomic mass is 10.00. The van der Waals surface area contributed by atoms with Gasteiger partial charge in [-0.2, -0.15) is 0 Å². The Morgan fingerprint density at radius 3 is 2.58 bits per heavy atom. The third-order valence-corrected chi connectivity index (χ3v) is 4.33. The molecule has 1 aliphatic rings. The Morgan fingerprint density at radius 2 is 1.96 bits per heavy atom. The molecule has 1 heterocycles. The fourth-order valence-corrected chi connectivity index (χ4v) is 3.02. The molecule has 1 fully saturated rings. The monoisotopic (exact) mass is 333 g/mol. The van der Waals surface area contributed by atoms with Crippen LogP contribution in [-0.2, 0) is 14.3 Å². The highest BCUT2D eigenvalue weighted by Gasteiger charge is 2.34. The van der Waals surface area contributed by atoms with Crippen LogP contribution in [0.1, 0.15) is 41.6 Å². The first-order valence-electron chi connectivity index (χ1n) is 8.03. The molecule has 2 rings (SSSR count). The number of carbonyl (C=O) groups is 3. The molecule has 0 aromatic heterocycles. The molecule has 0 saturated carbocycles. The SMILES string of the molecule is COC(=O)CCC(=O)N1CCCC1C(=O)c1ccc(OC)c(C)c1. The number of aryl methyl sites for hydroxylation is 1. The standard InChI is InChI=1S/C18H23NO5/c1-12-11-13(6-7-15(12)23-2)18(22)14-5-4-10-19(14)16(20)8-9-17(21)24-3/h6-7,11,14H,4-5,8-10H2,1-3H3. The van der Waals surface area contributed by atoms with Crippen molar-refractivity contribution in [2.45, 2.75) is 38.6 Å². The van der Waals surface area contributed by atoms with E-state index in [1.807, 2.05) is 6.92 Å². The molecule has 0 spiro atoms. The maximum atomic E-state index is 12.8.